The molecule has 2 heteroatoms. The van der Waals surface area contributed by atoms with Crippen LogP contribution in [0.25, 0.3) is 65.8 Å². The van der Waals surface area contributed by atoms with Gasteiger partial charge in [-0.05, 0) is 59.7 Å². The number of aromatic nitrogens is 2. The van der Waals surface area contributed by atoms with Gasteiger partial charge in [-0.3, -0.25) is 0 Å². The fourth-order valence-corrected chi connectivity index (χ4v) is 6.12. The lowest BCUT2D eigenvalue weighted by Gasteiger charge is -2.13. The maximum Gasteiger partial charge on any atom is 0.0788 e. The van der Waals surface area contributed by atoms with Crippen LogP contribution in [0.5, 0.6) is 0 Å². The van der Waals surface area contributed by atoms with Gasteiger partial charge in [-0.15, -0.1) is 0 Å². The van der Waals surface area contributed by atoms with Gasteiger partial charge in [0.25, 0.3) is 0 Å². The Labute approximate surface area is 214 Å². The number of rotatable bonds is 2. The van der Waals surface area contributed by atoms with E-state index in [4.69, 9.17) is 0 Å². The van der Waals surface area contributed by atoms with Gasteiger partial charge in [0.1, 0.15) is 0 Å². The first-order valence-electron chi connectivity index (χ1n) is 12.8. The summed E-state index contributed by atoms with van der Waals surface area (Å²) >= 11 is 0. The standard InChI is InChI=1S/C35H24N2/c1-23-9-8-12-26(21-23)36-32-15-6-4-13-28(32)30-19-20-31-29-14-5-7-16-33(29)37(35(31)34(30)36)27-18-17-24-10-2-3-11-25(24)22-27/h2-22H,1H3. The minimum Gasteiger partial charge on any atom is -0.307 e. The number of hydrogen-bond donors (Lipinski definition) is 0. The molecule has 0 saturated carbocycles. The van der Waals surface area contributed by atoms with Gasteiger partial charge in [0.15, 0.2) is 0 Å². The highest BCUT2D eigenvalue weighted by Gasteiger charge is 2.21. The summed E-state index contributed by atoms with van der Waals surface area (Å²) < 4.78 is 4.92. The lowest BCUT2D eigenvalue weighted by atomic mass is 10.1. The molecule has 2 nitrogen and oxygen atoms in total. The Kier molecular flexibility index (Phi) is 4.18. The van der Waals surface area contributed by atoms with Gasteiger partial charge in [0.05, 0.1) is 22.1 Å². The van der Waals surface area contributed by atoms with Crippen LogP contribution in [0.4, 0.5) is 0 Å². The molecule has 0 radical (unpaired) electrons. The Morgan fingerprint density at radius 3 is 1.62 bits per heavy atom. The van der Waals surface area contributed by atoms with Crippen molar-refractivity contribution in [1.29, 1.82) is 0 Å². The first kappa shape index (κ1) is 20.4. The fourth-order valence-electron chi connectivity index (χ4n) is 6.12. The van der Waals surface area contributed by atoms with E-state index in [2.05, 4.69) is 143 Å². The van der Waals surface area contributed by atoms with Crippen molar-refractivity contribution in [2.24, 2.45) is 0 Å². The summed E-state index contributed by atoms with van der Waals surface area (Å²) in [6.07, 6.45) is 0. The van der Waals surface area contributed by atoms with E-state index in [1.807, 2.05) is 0 Å². The number of para-hydroxylation sites is 2. The molecule has 8 aromatic rings. The van der Waals surface area contributed by atoms with Crippen LogP contribution >= 0.6 is 0 Å². The Balaban J connectivity index is 1.63. The van der Waals surface area contributed by atoms with Crippen LogP contribution in [-0.4, -0.2) is 9.13 Å². The predicted octanol–water partition coefficient (Wildman–Crippen LogP) is 9.34. The molecular weight excluding hydrogens is 448 g/mol. The average molecular weight is 473 g/mol. The summed E-state index contributed by atoms with van der Waals surface area (Å²) in [5.41, 5.74) is 8.56. The minimum absolute atomic E-state index is 1.18. The van der Waals surface area contributed by atoms with E-state index in [1.165, 1.54) is 71.3 Å². The molecule has 2 heterocycles. The SMILES string of the molecule is Cc1cccc(-n2c3ccccc3c3ccc4c5ccccc5n(-c5ccc6ccccc6c5)c4c32)c1. The minimum atomic E-state index is 1.18. The molecule has 2 aromatic heterocycles. The van der Waals surface area contributed by atoms with Crippen molar-refractivity contribution in [2.45, 2.75) is 6.92 Å². The van der Waals surface area contributed by atoms with Crippen molar-refractivity contribution in [1.82, 2.24) is 9.13 Å². The molecule has 0 atom stereocenters. The van der Waals surface area contributed by atoms with Crippen molar-refractivity contribution in [3.05, 3.63) is 133 Å². The molecule has 0 aliphatic carbocycles. The molecule has 0 saturated heterocycles. The van der Waals surface area contributed by atoms with Crippen LogP contribution < -0.4 is 0 Å². The summed E-state index contributed by atoms with van der Waals surface area (Å²) in [5, 5.41) is 7.59. The predicted molar refractivity (Wildman–Crippen MR) is 157 cm³/mol. The highest BCUT2D eigenvalue weighted by Crippen LogP contribution is 2.41. The molecule has 0 aliphatic rings. The summed E-state index contributed by atoms with van der Waals surface area (Å²) in [6.45, 7) is 2.17. The highest BCUT2D eigenvalue weighted by atomic mass is 15.0. The Morgan fingerprint density at radius 2 is 0.973 bits per heavy atom. The lowest BCUT2D eigenvalue weighted by molar-refractivity contribution is 1.15. The van der Waals surface area contributed by atoms with E-state index in [0.29, 0.717) is 0 Å². The third kappa shape index (κ3) is 2.87. The van der Waals surface area contributed by atoms with Crippen molar-refractivity contribution < 1.29 is 0 Å². The normalized spacial score (nSPS) is 11.9. The molecule has 37 heavy (non-hydrogen) atoms. The van der Waals surface area contributed by atoms with Gasteiger partial charge in [0, 0.05) is 32.9 Å². The maximum absolute atomic E-state index is 2.46. The van der Waals surface area contributed by atoms with Crippen molar-refractivity contribution >= 4 is 54.4 Å². The molecule has 0 aliphatic heterocycles. The second-order valence-corrected chi connectivity index (χ2v) is 9.93. The number of aryl methyl sites for hydroxylation is 1. The Morgan fingerprint density at radius 1 is 0.405 bits per heavy atom. The van der Waals surface area contributed by atoms with E-state index in [1.54, 1.807) is 0 Å². The smallest absolute Gasteiger partial charge is 0.0788 e. The molecule has 0 spiro atoms. The topological polar surface area (TPSA) is 9.86 Å². The summed E-state index contributed by atoms with van der Waals surface area (Å²) in [7, 11) is 0. The van der Waals surface area contributed by atoms with Crippen LogP contribution in [-0.2, 0) is 0 Å². The molecule has 8 rings (SSSR count). The molecule has 0 fully saturated rings. The molecule has 0 unspecified atom stereocenters. The third-order valence-corrected chi connectivity index (χ3v) is 7.72. The molecule has 0 bridgehead atoms. The van der Waals surface area contributed by atoms with Gasteiger partial charge in [-0.1, -0.05) is 91.0 Å². The monoisotopic (exact) mass is 472 g/mol. The number of fused-ring (bicyclic) bond motifs is 8. The third-order valence-electron chi connectivity index (χ3n) is 7.72. The highest BCUT2D eigenvalue weighted by molar-refractivity contribution is 6.23. The fraction of sp³-hybridized carbons (Fsp3) is 0.0286. The maximum atomic E-state index is 2.46. The van der Waals surface area contributed by atoms with E-state index < -0.39 is 0 Å². The van der Waals surface area contributed by atoms with Crippen molar-refractivity contribution in [3.8, 4) is 11.4 Å². The number of benzene rings is 6. The van der Waals surface area contributed by atoms with E-state index in [0.717, 1.165) is 0 Å². The van der Waals surface area contributed by atoms with Gasteiger partial charge < -0.3 is 9.13 Å². The molecule has 0 amide bonds. The van der Waals surface area contributed by atoms with Crippen LogP contribution in [0.3, 0.4) is 0 Å². The van der Waals surface area contributed by atoms with Gasteiger partial charge in [-0.25, -0.2) is 0 Å². The van der Waals surface area contributed by atoms with E-state index in [-0.39, 0.29) is 0 Å². The van der Waals surface area contributed by atoms with Gasteiger partial charge >= 0.3 is 0 Å². The summed E-state index contributed by atoms with van der Waals surface area (Å²) in [5.74, 6) is 0. The Bertz CT molecular complexity index is 2160. The van der Waals surface area contributed by atoms with E-state index >= 15 is 0 Å². The second kappa shape index (κ2) is 7.59. The Hall–Kier alpha value is -4.82. The van der Waals surface area contributed by atoms with Crippen LogP contribution in [0.15, 0.2) is 127 Å². The quantitative estimate of drug-likeness (QED) is 0.237. The van der Waals surface area contributed by atoms with Gasteiger partial charge in [0.2, 0.25) is 0 Å². The second-order valence-electron chi connectivity index (χ2n) is 9.93. The first-order valence-corrected chi connectivity index (χ1v) is 12.8. The van der Waals surface area contributed by atoms with Gasteiger partial charge in [-0.2, -0.15) is 0 Å². The van der Waals surface area contributed by atoms with Crippen LogP contribution in [0.1, 0.15) is 5.56 Å². The molecular formula is C35H24N2. The average Bonchev–Trinajstić information content (AvgIpc) is 3.46. The number of nitrogens with zero attached hydrogens (tertiary/aromatic N) is 2. The van der Waals surface area contributed by atoms with E-state index in [9.17, 15) is 0 Å². The van der Waals surface area contributed by atoms with Crippen molar-refractivity contribution in [3.63, 3.8) is 0 Å². The van der Waals surface area contributed by atoms with Crippen molar-refractivity contribution in [2.75, 3.05) is 0 Å². The summed E-state index contributed by atoms with van der Waals surface area (Å²) in [4.78, 5) is 0. The van der Waals surface area contributed by atoms with Crippen LogP contribution in [0.2, 0.25) is 0 Å². The zero-order valence-corrected chi connectivity index (χ0v) is 20.5. The van der Waals surface area contributed by atoms with Crippen LogP contribution in [0, 0.1) is 6.92 Å². The first-order chi connectivity index (χ1) is 18.3. The number of hydrogen-bond acceptors (Lipinski definition) is 0. The lowest BCUT2D eigenvalue weighted by Crippen LogP contribution is -1.99. The molecule has 0 N–H and O–H groups in total. The zero-order valence-electron chi connectivity index (χ0n) is 20.5. The molecule has 174 valence electrons. The summed E-state index contributed by atoms with van der Waals surface area (Å²) in [6, 6.07) is 46.4. The zero-order chi connectivity index (χ0) is 24.5. The molecule has 6 aromatic carbocycles. The largest absolute Gasteiger partial charge is 0.307 e.